The van der Waals surface area contributed by atoms with E-state index in [1.54, 1.807) is 12.1 Å². The van der Waals surface area contributed by atoms with Crippen molar-refractivity contribution >= 4 is 44.7 Å². The number of fused-ring (bicyclic) bond motifs is 2. The van der Waals surface area contributed by atoms with Crippen molar-refractivity contribution < 1.29 is 32.5 Å². The Bertz CT molecular complexity index is 1610. The minimum Gasteiger partial charge on any atom is -0.478 e. The predicted octanol–water partition coefficient (Wildman–Crippen LogP) is 5.57. The molecule has 38 heavy (non-hydrogen) atoms. The van der Waals surface area contributed by atoms with Gasteiger partial charge in [0.15, 0.2) is 11.6 Å². The number of aromatic carboxylic acids is 1. The zero-order valence-corrected chi connectivity index (χ0v) is 20.9. The summed E-state index contributed by atoms with van der Waals surface area (Å²) >= 11 is 0. The molecule has 0 heterocycles. The maximum absolute atomic E-state index is 13.7. The van der Waals surface area contributed by atoms with E-state index >= 15 is 0 Å². The van der Waals surface area contributed by atoms with Gasteiger partial charge >= 0.3 is 5.97 Å². The summed E-state index contributed by atoms with van der Waals surface area (Å²) < 4.78 is 35.2. The van der Waals surface area contributed by atoms with Crippen LogP contribution in [0.3, 0.4) is 0 Å². The number of nitrogens with zero attached hydrogens (tertiary/aromatic N) is 2. The molecule has 2 aliphatic rings. The van der Waals surface area contributed by atoms with E-state index in [1.807, 2.05) is 0 Å². The molecule has 0 amide bonds. The molecule has 0 bridgehead atoms. The third-order valence-electron chi connectivity index (χ3n) is 6.76. The van der Waals surface area contributed by atoms with E-state index in [-0.39, 0.29) is 45.2 Å². The normalized spacial score (nSPS) is 15.8. The number of anilines is 1. The number of ketones is 2. The highest BCUT2D eigenvalue weighted by molar-refractivity contribution is 7.86. The average Bonchev–Trinajstić information content (AvgIpc) is 2.90. The van der Waals surface area contributed by atoms with Gasteiger partial charge in [0.2, 0.25) is 0 Å². The van der Waals surface area contributed by atoms with Crippen LogP contribution >= 0.6 is 0 Å². The van der Waals surface area contributed by atoms with Gasteiger partial charge in [-0.25, -0.2) is 4.79 Å². The van der Waals surface area contributed by atoms with Crippen LogP contribution in [0, 0.1) is 0 Å². The average molecular weight is 534 g/mol. The van der Waals surface area contributed by atoms with Crippen molar-refractivity contribution in [2.24, 2.45) is 10.2 Å². The van der Waals surface area contributed by atoms with E-state index in [0.29, 0.717) is 0 Å². The van der Waals surface area contributed by atoms with Crippen LogP contribution in [-0.2, 0) is 10.1 Å². The lowest BCUT2D eigenvalue weighted by molar-refractivity contribution is 0.0696. The molecule has 0 radical (unpaired) electrons. The van der Waals surface area contributed by atoms with Gasteiger partial charge in [0.25, 0.3) is 10.1 Å². The fraction of sp³-hybridized carbons (Fsp3) is 0.222. The molecule has 1 fully saturated rings. The molecule has 0 unspecified atom stereocenters. The van der Waals surface area contributed by atoms with Crippen LogP contribution in [0.1, 0.15) is 74.3 Å². The van der Waals surface area contributed by atoms with Crippen LogP contribution in [0.4, 0.5) is 17.1 Å². The molecule has 10 nitrogen and oxygen atoms in total. The Morgan fingerprint density at radius 1 is 0.868 bits per heavy atom. The topological polar surface area (TPSA) is 163 Å². The summed E-state index contributed by atoms with van der Waals surface area (Å²) in [6, 6.07) is 12.6. The summed E-state index contributed by atoms with van der Waals surface area (Å²) in [7, 11) is -4.91. The summed E-state index contributed by atoms with van der Waals surface area (Å²) in [5.74, 6) is -2.24. The Morgan fingerprint density at radius 2 is 1.47 bits per heavy atom. The molecular formula is C27H23N3O7S. The van der Waals surface area contributed by atoms with Gasteiger partial charge < -0.3 is 10.4 Å². The fourth-order valence-electron chi connectivity index (χ4n) is 4.91. The van der Waals surface area contributed by atoms with Crippen LogP contribution in [0.2, 0.25) is 0 Å². The van der Waals surface area contributed by atoms with Crippen molar-refractivity contribution in [3.8, 4) is 0 Å². The first-order chi connectivity index (χ1) is 18.1. The lowest BCUT2D eigenvalue weighted by Gasteiger charge is -2.28. The Labute approximate surface area is 218 Å². The van der Waals surface area contributed by atoms with Gasteiger partial charge in [-0.2, -0.15) is 13.5 Å². The van der Waals surface area contributed by atoms with Gasteiger partial charge in [-0.3, -0.25) is 14.1 Å². The molecule has 0 aromatic heterocycles. The van der Waals surface area contributed by atoms with E-state index in [2.05, 4.69) is 15.5 Å². The maximum atomic E-state index is 13.7. The lowest BCUT2D eigenvalue weighted by atomic mass is 9.82. The van der Waals surface area contributed by atoms with Gasteiger partial charge in [-0.05, 0) is 43.2 Å². The smallest absolute Gasteiger partial charge is 0.335 e. The molecule has 3 aromatic rings. The third-order valence-corrected chi connectivity index (χ3v) is 7.62. The minimum absolute atomic E-state index is 0.00970. The van der Waals surface area contributed by atoms with Crippen LogP contribution in [0.15, 0.2) is 69.7 Å². The molecule has 3 aromatic carbocycles. The summed E-state index contributed by atoms with van der Waals surface area (Å²) in [4.78, 5) is 37.8. The highest BCUT2D eigenvalue weighted by Crippen LogP contribution is 2.43. The number of azo groups is 1. The fourth-order valence-corrected chi connectivity index (χ4v) is 5.56. The molecule has 0 saturated heterocycles. The van der Waals surface area contributed by atoms with Crippen molar-refractivity contribution in [1.82, 2.24) is 0 Å². The van der Waals surface area contributed by atoms with Crippen molar-refractivity contribution in [2.75, 3.05) is 5.32 Å². The van der Waals surface area contributed by atoms with Crippen LogP contribution in [0.5, 0.6) is 0 Å². The Morgan fingerprint density at radius 3 is 2.05 bits per heavy atom. The molecule has 11 heteroatoms. The van der Waals surface area contributed by atoms with Crippen molar-refractivity contribution in [1.29, 1.82) is 0 Å². The molecule has 1 saturated carbocycles. The molecule has 2 aliphatic carbocycles. The van der Waals surface area contributed by atoms with E-state index in [4.69, 9.17) is 5.11 Å². The standard InChI is InChI=1S/C27H23N3O7S/c31-25-18-8-4-5-9-19(18)26(32)23-22(25)20(28-16-6-2-1-3-7-16)14-21(38(35,36)37)24(23)30-29-17-12-10-15(11-13-17)27(33)34/h4-5,8-14,16,28H,1-3,6-7H2,(H,33,34)(H,35,36,37)/b30-29+. The van der Waals surface area contributed by atoms with E-state index in [0.717, 1.165) is 38.2 Å². The number of carbonyl (C=O) groups is 3. The first-order valence-corrected chi connectivity index (χ1v) is 13.5. The summed E-state index contributed by atoms with van der Waals surface area (Å²) in [5, 5.41) is 20.3. The van der Waals surface area contributed by atoms with E-state index in [1.165, 1.54) is 36.4 Å². The van der Waals surface area contributed by atoms with Crippen LogP contribution in [0.25, 0.3) is 0 Å². The first-order valence-electron chi connectivity index (χ1n) is 12.0. The highest BCUT2D eigenvalue weighted by atomic mass is 32.2. The number of nitrogens with one attached hydrogen (secondary N) is 1. The maximum Gasteiger partial charge on any atom is 0.335 e. The van der Waals surface area contributed by atoms with Crippen molar-refractivity contribution in [3.05, 3.63) is 82.4 Å². The second-order valence-electron chi connectivity index (χ2n) is 9.23. The van der Waals surface area contributed by atoms with Gasteiger partial charge in [-0.1, -0.05) is 43.5 Å². The monoisotopic (exact) mass is 533 g/mol. The van der Waals surface area contributed by atoms with Crippen LogP contribution < -0.4 is 5.32 Å². The second-order valence-corrected chi connectivity index (χ2v) is 10.6. The molecular weight excluding hydrogens is 510 g/mol. The quantitative estimate of drug-likeness (QED) is 0.214. The summed E-state index contributed by atoms with van der Waals surface area (Å²) in [6.45, 7) is 0. The Hall–Kier alpha value is -4.22. The molecule has 3 N–H and O–H groups in total. The number of carboxylic acid groups (broad SMARTS) is 1. The van der Waals surface area contributed by atoms with Crippen molar-refractivity contribution in [3.63, 3.8) is 0 Å². The van der Waals surface area contributed by atoms with Gasteiger partial charge in [-0.15, -0.1) is 5.11 Å². The number of benzene rings is 3. The highest BCUT2D eigenvalue weighted by Gasteiger charge is 2.38. The SMILES string of the molecule is O=C(O)c1ccc(/N=N/c2c(S(=O)(=O)O)cc(NC3CCCCC3)c3c2C(=O)c2ccccc2C3=O)cc1. The number of hydrogen-bond donors (Lipinski definition) is 3. The number of carbonyl (C=O) groups excluding carboxylic acids is 2. The largest absolute Gasteiger partial charge is 0.478 e. The zero-order chi connectivity index (χ0) is 27.0. The minimum atomic E-state index is -4.91. The Balaban J connectivity index is 1.72. The molecule has 0 atom stereocenters. The molecule has 194 valence electrons. The van der Waals surface area contributed by atoms with Gasteiger partial charge in [0.05, 0.1) is 22.4 Å². The van der Waals surface area contributed by atoms with Gasteiger partial charge in [0, 0.05) is 22.9 Å². The van der Waals surface area contributed by atoms with Gasteiger partial charge in [0.1, 0.15) is 10.6 Å². The second kappa shape index (κ2) is 9.92. The predicted molar refractivity (Wildman–Crippen MR) is 138 cm³/mol. The van der Waals surface area contributed by atoms with Crippen LogP contribution in [-0.4, -0.2) is 41.7 Å². The number of carboxylic acids is 1. The van der Waals surface area contributed by atoms with E-state index in [9.17, 15) is 27.4 Å². The summed E-state index contributed by atoms with van der Waals surface area (Å²) in [6.07, 6.45) is 4.62. The molecule has 0 spiro atoms. The number of rotatable bonds is 6. The summed E-state index contributed by atoms with van der Waals surface area (Å²) in [5.41, 5.74) is -0.175. The number of hydrogen-bond acceptors (Lipinski definition) is 8. The zero-order valence-electron chi connectivity index (χ0n) is 20.0. The molecule has 5 rings (SSSR count). The Kier molecular flexibility index (Phi) is 6.64. The van der Waals surface area contributed by atoms with Crippen molar-refractivity contribution in [2.45, 2.75) is 43.0 Å². The third kappa shape index (κ3) is 4.73. The lowest BCUT2D eigenvalue weighted by Crippen LogP contribution is -2.27. The first kappa shape index (κ1) is 25.4. The molecule has 0 aliphatic heterocycles. The van der Waals surface area contributed by atoms with E-state index < -0.39 is 38.2 Å².